The summed E-state index contributed by atoms with van der Waals surface area (Å²) in [6, 6.07) is 0. The highest BCUT2D eigenvalue weighted by atomic mass is 16.5. The van der Waals surface area contributed by atoms with E-state index in [-0.39, 0.29) is 0 Å². The van der Waals surface area contributed by atoms with Crippen LogP contribution in [0.25, 0.3) is 0 Å². The van der Waals surface area contributed by atoms with Gasteiger partial charge in [-0.2, -0.15) is 0 Å². The molecule has 3 saturated carbocycles. The van der Waals surface area contributed by atoms with Gasteiger partial charge in [-0.05, 0) is 80.7 Å². The molecule has 0 aromatic carbocycles. The molecule has 2 saturated heterocycles. The summed E-state index contributed by atoms with van der Waals surface area (Å²) in [5.74, 6) is 5.87. The van der Waals surface area contributed by atoms with Crippen molar-refractivity contribution in [2.45, 2.75) is 45.1 Å². The quantitative estimate of drug-likeness (QED) is 0.787. The maximum absolute atomic E-state index is 5.62. The van der Waals surface area contributed by atoms with Gasteiger partial charge in [0.1, 0.15) is 0 Å². The second-order valence-electron chi connectivity index (χ2n) is 10.3. The number of piperidine rings is 1. The highest BCUT2D eigenvalue weighted by Crippen LogP contribution is 2.64. The molecule has 0 radical (unpaired) electrons. The van der Waals surface area contributed by atoms with E-state index in [1.54, 1.807) is 6.42 Å². The standard InChI is InChI=1S/C21H36N2O/c1-21(17-6-14-4-5-22(2)10-15(14)7-17)9-18(21)12-23-11-16-8-20(24-3)19(16)13-23/h14-20H,4-13H2,1-3H3/t14?,15?,16?,17?,18?,19?,20?,21-/m1/s1. The van der Waals surface area contributed by atoms with E-state index in [0.29, 0.717) is 11.5 Å². The molecule has 5 fully saturated rings. The fourth-order valence-electron chi connectivity index (χ4n) is 7.12. The predicted molar refractivity (Wildman–Crippen MR) is 96.9 cm³/mol. The van der Waals surface area contributed by atoms with Gasteiger partial charge in [-0.15, -0.1) is 0 Å². The highest BCUT2D eigenvalue weighted by Gasteiger charge is 2.59. The van der Waals surface area contributed by atoms with E-state index < -0.39 is 0 Å². The van der Waals surface area contributed by atoms with E-state index in [0.717, 1.165) is 35.5 Å². The molecule has 2 aliphatic heterocycles. The van der Waals surface area contributed by atoms with Crippen LogP contribution in [0.4, 0.5) is 0 Å². The first kappa shape index (κ1) is 16.1. The molecule has 7 unspecified atom stereocenters. The molecule has 5 aliphatic rings. The van der Waals surface area contributed by atoms with Gasteiger partial charge in [0, 0.05) is 39.2 Å². The van der Waals surface area contributed by atoms with E-state index in [9.17, 15) is 0 Å². The van der Waals surface area contributed by atoms with Gasteiger partial charge in [-0.1, -0.05) is 6.92 Å². The van der Waals surface area contributed by atoms with E-state index in [4.69, 9.17) is 4.74 Å². The lowest BCUT2D eigenvalue weighted by molar-refractivity contribution is -0.0393. The molecule has 0 spiro atoms. The van der Waals surface area contributed by atoms with Crippen LogP contribution in [0.3, 0.4) is 0 Å². The number of nitrogens with zero attached hydrogens (tertiary/aromatic N) is 2. The van der Waals surface area contributed by atoms with Gasteiger partial charge in [0.05, 0.1) is 6.10 Å². The first-order valence-electron chi connectivity index (χ1n) is 10.5. The maximum Gasteiger partial charge on any atom is 0.0618 e. The Kier molecular flexibility index (Phi) is 3.81. The van der Waals surface area contributed by atoms with E-state index in [1.165, 1.54) is 58.4 Å². The number of fused-ring (bicyclic) bond motifs is 2. The number of methoxy groups -OCH3 is 1. The van der Waals surface area contributed by atoms with Gasteiger partial charge < -0.3 is 14.5 Å². The van der Waals surface area contributed by atoms with Crippen molar-refractivity contribution in [2.75, 3.05) is 46.9 Å². The molecular formula is C21H36N2O. The average molecular weight is 333 g/mol. The van der Waals surface area contributed by atoms with E-state index >= 15 is 0 Å². The van der Waals surface area contributed by atoms with Crippen molar-refractivity contribution in [3.8, 4) is 0 Å². The van der Waals surface area contributed by atoms with Gasteiger partial charge in [0.2, 0.25) is 0 Å². The Bertz CT molecular complexity index is 496. The van der Waals surface area contributed by atoms with Crippen molar-refractivity contribution in [2.24, 2.45) is 40.9 Å². The number of ether oxygens (including phenoxy) is 1. The van der Waals surface area contributed by atoms with Crippen molar-refractivity contribution in [1.29, 1.82) is 0 Å². The molecule has 3 nitrogen and oxygen atoms in total. The third-order valence-electron chi connectivity index (χ3n) is 9.02. The topological polar surface area (TPSA) is 15.7 Å². The molecule has 0 aromatic heterocycles. The summed E-state index contributed by atoms with van der Waals surface area (Å²) in [4.78, 5) is 5.36. The lowest BCUT2D eigenvalue weighted by Gasteiger charge is -2.38. The minimum absolute atomic E-state index is 0.570. The van der Waals surface area contributed by atoms with Crippen LogP contribution >= 0.6 is 0 Å². The molecule has 3 aliphatic carbocycles. The zero-order chi connectivity index (χ0) is 16.5. The maximum atomic E-state index is 5.62. The number of likely N-dealkylation sites (tertiary alicyclic amines) is 2. The normalized spacial score (nSPS) is 54.4. The lowest BCUT2D eigenvalue weighted by Crippen LogP contribution is -2.41. The summed E-state index contributed by atoms with van der Waals surface area (Å²) in [6.07, 6.45) is 7.93. The SMILES string of the molecule is COC1CC2CN(CC3C[C@]3(C)C3CC4CCN(C)CC4C3)CC21. The molecular weight excluding hydrogens is 296 g/mol. The largest absolute Gasteiger partial charge is 0.381 e. The van der Waals surface area contributed by atoms with E-state index in [2.05, 4.69) is 23.8 Å². The Morgan fingerprint density at radius 3 is 2.71 bits per heavy atom. The number of hydrogen-bond donors (Lipinski definition) is 0. The van der Waals surface area contributed by atoms with Crippen LogP contribution < -0.4 is 0 Å². The lowest BCUT2D eigenvalue weighted by atomic mass is 9.73. The zero-order valence-electron chi connectivity index (χ0n) is 15.9. The third-order valence-corrected chi connectivity index (χ3v) is 9.02. The Hall–Kier alpha value is -0.120. The summed E-state index contributed by atoms with van der Waals surface area (Å²) in [6.45, 7) is 9.40. The molecule has 136 valence electrons. The molecule has 3 heteroatoms. The summed E-state index contributed by atoms with van der Waals surface area (Å²) < 4.78 is 5.62. The molecule has 0 bridgehead atoms. The smallest absolute Gasteiger partial charge is 0.0618 e. The fraction of sp³-hybridized carbons (Fsp3) is 1.00. The van der Waals surface area contributed by atoms with Crippen LogP contribution in [0.2, 0.25) is 0 Å². The molecule has 5 rings (SSSR count). The second-order valence-corrected chi connectivity index (χ2v) is 10.3. The Balaban J connectivity index is 1.15. The van der Waals surface area contributed by atoms with Crippen molar-refractivity contribution in [3.05, 3.63) is 0 Å². The monoisotopic (exact) mass is 332 g/mol. The van der Waals surface area contributed by atoms with Crippen molar-refractivity contribution in [3.63, 3.8) is 0 Å². The minimum Gasteiger partial charge on any atom is -0.381 e. The van der Waals surface area contributed by atoms with Crippen molar-refractivity contribution in [1.82, 2.24) is 9.80 Å². The molecule has 0 N–H and O–H groups in total. The molecule has 0 amide bonds. The van der Waals surface area contributed by atoms with Gasteiger partial charge in [-0.25, -0.2) is 0 Å². The van der Waals surface area contributed by atoms with Crippen LogP contribution in [0.1, 0.15) is 39.0 Å². The van der Waals surface area contributed by atoms with Gasteiger partial charge in [0.15, 0.2) is 0 Å². The van der Waals surface area contributed by atoms with Gasteiger partial charge in [0.25, 0.3) is 0 Å². The summed E-state index contributed by atoms with van der Waals surface area (Å²) in [5.41, 5.74) is 0.679. The van der Waals surface area contributed by atoms with Crippen LogP contribution in [0.5, 0.6) is 0 Å². The first-order valence-corrected chi connectivity index (χ1v) is 10.5. The van der Waals surface area contributed by atoms with Gasteiger partial charge >= 0.3 is 0 Å². The minimum atomic E-state index is 0.570. The fourth-order valence-corrected chi connectivity index (χ4v) is 7.12. The van der Waals surface area contributed by atoms with Crippen LogP contribution in [-0.4, -0.2) is 62.8 Å². The molecule has 2 heterocycles. The average Bonchev–Trinajstić information content (AvgIpc) is 2.89. The van der Waals surface area contributed by atoms with Crippen molar-refractivity contribution < 1.29 is 4.74 Å². The molecule has 8 atom stereocenters. The van der Waals surface area contributed by atoms with Crippen LogP contribution in [0, 0.1) is 40.9 Å². The number of rotatable bonds is 4. The second kappa shape index (κ2) is 5.69. The summed E-state index contributed by atoms with van der Waals surface area (Å²) in [5, 5.41) is 0. The molecule has 0 aromatic rings. The number of hydrogen-bond acceptors (Lipinski definition) is 3. The Labute approximate surface area is 148 Å². The zero-order valence-corrected chi connectivity index (χ0v) is 15.9. The predicted octanol–water partition coefficient (Wildman–Crippen LogP) is 2.96. The Morgan fingerprint density at radius 2 is 1.88 bits per heavy atom. The summed E-state index contributed by atoms with van der Waals surface area (Å²) in [7, 11) is 4.22. The third kappa shape index (κ3) is 2.49. The van der Waals surface area contributed by atoms with Crippen LogP contribution in [-0.2, 0) is 4.74 Å². The van der Waals surface area contributed by atoms with E-state index in [1.807, 2.05) is 7.11 Å². The van der Waals surface area contributed by atoms with Gasteiger partial charge in [-0.3, -0.25) is 0 Å². The first-order chi connectivity index (χ1) is 11.6. The van der Waals surface area contributed by atoms with Crippen LogP contribution in [0.15, 0.2) is 0 Å². The highest BCUT2D eigenvalue weighted by molar-refractivity contribution is 5.09. The summed E-state index contributed by atoms with van der Waals surface area (Å²) >= 11 is 0. The van der Waals surface area contributed by atoms with Crippen molar-refractivity contribution >= 4 is 0 Å². The molecule has 24 heavy (non-hydrogen) atoms. The Morgan fingerprint density at radius 1 is 1.04 bits per heavy atom.